The van der Waals surface area contributed by atoms with Crippen LogP contribution >= 0.6 is 0 Å². The van der Waals surface area contributed by atoms with E-state index >= 15 is 0 Å². The highest BCUT2D eigenvalue weighted by molar-refractivity contribution is 6.13. The minimum atomic E-state index is 0.0438. The van der Waals surface area contributed by atoms with Gasteiger partial charge in [0.25, 0.3) is 0 Å². The first-order chi connectivity index (χ1) is 28.4. The molecule has 0 saturated carbocycles. The number of fused-ring (bicyclic) bond motifs is 7. The molecule has 0 fully saturated rings. The number of hydrogen-bond donors (Lipinski definition) is 0. The molecule has 4 heteroatoms. The maximum absolute atomic E-state index is 5.15. The summed E-state index contributed by atoms with van der Waals surface area (Å²) in [7, 11) is 0. The summed E-state index contributed by atoms with van der Waals surface area (Å²) in [6.07, 6.45) is 0. The van der Waals surface area contributed by atoms with Crippen LogP contribution in [-0.2, 0) is 5.41 Å². The number of rotatable bonds is 5. The van der Waals surface area contributed by atoms with Crippen molar-refractivity contribution in [1.82, 2.24) is 19.1 Å². The molecule has 4 nitrogen and oxygen atoms in total. The molecule has 0 amide bonds. The van der Waals surface area contributed by atoms with Crippen LogP contribution in [0.5, 0.6) is 0 Å². The predicted octanol–water partition coefficient (Wildman–Crippen LogP) is 14.1. The Hall–Kier alpha value is -7.30. The van der Waals surface area contributed by atoms with Crippen LogP contribution in [0, 0.1) is 0 Å². The van der Waals surface area contributed by atoms with Crippen molar-refractivity contribution in [2.75, 3.05) is 0 Å². The smallest absolute Gasteiger partial charge is 0.0973 e. The lowest BCUT2D eigenvalue weighted by Gasteiger charge is -2.19. The monoisotopic (exact) mass is 744 g/mol. The third-order valence-corrected chi connectivity index (χ3v) is 11.7. The lowest BCUT2D eigenvalue weighted by atomic mass is 9.86. The summed E-state index contributed by atoms with van der Waals surface area (Å²) < 4.78 is 4.78. The fraction of sp³-hybridized carbons (Fsp3) is 0.0741. The molecule has 8 aromatic carbocycles. The van der Waals surface area contributed by atoms with Gasteiger partial charge in [-0.15, -0.1) is 0 Å². The largest absolute Gasteiger partial charge is 0.309 e. The molecule has 0 unspecified atom stereocenters. The third kappa shape index (κ3) is 5.52. The van der Waals surface area contributed by atoms with Gasteiger partial charge in [-0.3, -0.25) is 0 Å². The van der Waals surface area contributed by atoms with Crippen molar-refractivity contribution < 1.29 is 0 Å². The number of aromatic nitrogens is 4. The van der Waals surface area contributed by atoms with Gasteiger partial charge in [0.1, 0.15) is 0 Å². The van der Waals surface area contributed by atoms with Crippen LogP contribution in [0.15, 0.2) is 188 Å². The molecule has 0 atom stereocenters. The second-order valence-corrected chi connectivity index (χ2v) is 16.3. The van der Waals surface area contributed by atoms with E-state index in [2.05, 4.69) is 188 Å². The molecule has 58 heavy (non-hydrogen) atoms. The number of para-hydroxylation sites is 4. The Kier molecular flexibility index (Phi) is 7.70. The zero-order chi connectivity index (χ0) is 39.0. The average molecular weight is 745 g/mol. The van der Waals surface area contributed by atoms with Gasteiger partial charge in [-0.2, -0.15) is 0 Å². The van der Waals surface area contributed by atoms with Gasteiger partial charge in [0.2, 0.25) is 0 Å². The van der Waals surface area contributed by atoms with Crippen molar-refractivity contribution in [2.45, 2.75) is 26.2 Å². The van der Waals surface area contributed by atoms with E-state index in [1.54, 1.807) is 0 Å². The zero-order valence-electron chi connectivity index (χ0n) is 32.7. The summed E-state index contributed by atoms with van der Waals surface area (Å²) in [5.74, 6) is 0. The Morgan fingerprint density at radius 2 is 0.776 bits per heavy atom. The van der Waals surface area contributed by atoms with Crippen LogP contribution in [0.4, 0.5) is 0 Å². The number of nitrogens with zero attached hydrogens (tertiary/aromatic N) is 4. The van der Waals surface area contributed by atoms with E-state index in [0.29, 0.717) is 0 Å². The predicted molar refractivity (Wildman–Crippen MR) is 243 cm³/mol. The molecule has 3 heterocycles. The fourth-order valence-electron chi connectivity index (χ4n) is 8.72. The van der Waals surface area contributed by atoms with Crippen LogP contribution in [-0.4, -0.2) is 19.1 Å². The molecule has 0 aliphatic carbocycles. The van der Waals surface area contributed by atoms with Gasteiger partial charge in [0.15, 0.2) is 0 Å². The molecule has 0 N–H and O–H groups in total. The molecule has 0 spiro atoms. The van der Waals surface area contributed by atoms with Crippen LogP contribution in [0.2, 0.25) is 0 Å². The Morgan fingerprint density at radius 3 is 1.38 bits per heavy atom. The highest BCUT2D eigenvalue weighted by atomic mass is 15.0. The summed E-state index contributed by atoms with van der Waals surface area (Å²) in [6, 6.07) is 67.6. The van der Waals surface area contributed by atoms with Crippen molar-refractivity contribution in [3.05, 3.63) is 194 Å². The molecule has 0 bridgehead atoms. The first kappa shape index (κ1) is 34.0. The first-order valence-electron chi connectivity index (χ1n) is 20.0. The quantitative estimate of drug-likeness (QED) is 0.176. The van der Waals surface area contributed by atoms with E-state index < -0.39 is 0 Å². The number of hydrogen-bond acceptors (Lipinski definition) is 2. The second-order valence-electron chi connectivity index (χ2n) is 16.3. The van der Waals surface area contributed by atoms with Crippen LogP contribution in [0.1, 0.15) is 26.3 Å². The van der Waals surface area contributed by atoms with Crippen LogP contribution in [0.25, 0.3) is 99.7 Å². The zero-order valence-corrected chi connectivity index (χ0v) is 32.7. The Morgan fingerprint density at radius 1 is 0.345 bits per heavy atom. The lowest BCUT2D eigenvalue weighted by molar-refractivity contribution is 0.591. The maximum atomic E-state index is 5.15. The Bertz CT molecular complexity index is 3350. The van der Waals surface area contributed by atoms with E-state index in [0.717, 1.165) is 39.2 Å². The molecule has 0 aliphatic heterocycles. The molecular weight excluding hydrogens is 705 g/mol. The highest BCUT2D eigenvalue weighted by Crippen LogP contribution is 2.40. The molecule has 0 aliphatic rings. The van der Waals surface area contributed by atoms with Gasteiger partial charge in [-0.1, -0.05) is 130 Å². The average Bonchev–Trinajstić information content (AvgIpc) is 3.78. The summed E-state index contributed by atoms with van der Waals surface area (Å²) in [5.41, 5.74) is 16.4. The van der Waals surface area contributed by atoms with Crippen LogP contribution in [0.3, 0.4) is 0 Å². The minimum Gasteiger partial charge on any atom is -0.309 e. The number of benzene rings is 8. The van der Waals surface area contributed by atoms with Crippen molar-refractivity contribution in [2.24, 2.45) is 0 Å². The molecule has 276 valence electrons. The molecule has 11 rings (SSSR count). The van der Waals surface area contributed by atoms with Gasteiger partial charge < -0.3 is 9.13 Å². The van der Waals surface area contributed by atoms with Crippen molar-refractivity contribution in [1.29, 1.82) is 0 Å². The summed E-state index contributed by atoms with van der Waals surface area (Å²) >= 11 is 0. The van der Waals surface area contributed by atoms with Gasteiger partial charge in [0.05, 0.1) is 44.5 Å². The molecule has 11 aromatic rings. The lowest BCUT2D eigenvalue weighted by Crippen LogP contribution is -2.10. The third-order valence-electron chi connectivity index (χ3n) is 11.7. The summed E-state index contributed by atoms with van der Waals surface area (Å²) in [5, 5.41) is 4.99. The van der Waals surface area contributed by atoms with Crippen LogP contribution < -0.4 is 0 Å². The van der Waals surface area contributed by atoms with Gasteiger partial charge >= 0.3 is 0 Å². The van der Waals surface area contributed by atoms with E-state index in [1.807, 2.05) is 30.3 Å². The van der Waals surface area contributed by atoms with Crippen molar-refractivity contribution in [3.8, 4) is 45.0 Å². The summed E-state index contributed by atoms with van der Waals surface area (Å²) in [4.78, 5) is 10.2. The van der Waals surface area contributed by atoms with Gasteiger partial charge in [-0.25, -0.2) is 9.97 Å². The normalized spacial score (nSPS) is 12.1. The minimum absolute atomic E-state index is 0.0438. The topological polar surface area (TPSA) is 35.6 Å². The van der Waals surface area contributed by atoms with E-state index in [1.165, 1.54) is 66.0 Å². The van der Waals surface area contributed by atoms with E-state index in [4.69, 9.17) is 9.97 Å². The standard InChI is InChI=1S/C54H40N4/c1-54(2,3)39-26-31-51-45(34-39)44-33-38(25-30-50(44)57(51)40-16-8-5-9-17-40)37-24-29-49-43(32-37)42-18-10-13-21-48(42)58(49)41-27-22-36(23-28-41)53-52(35-14-6-4-7-15-35)55-46-19-11-12-20-47(46)56-53/h4-34H,1-3H3. The van der Waals surface area contributed by atoms with Gasteiger partial charge in [-0.05, 0) is 101 Å². The van der Waals surface area contributed by atoms with Crippen molar-refractivity contribution in [3.63, 3.8) is 0 Å². The first-order valence-corrected chi connectivity index (χ1v) is 20.0. The van der Waals surface area contributed by atoms with Crippen molar-refractivity contribution >= 4 is 54.6 Å². The Balaban J connectivity index is 1.04. The fourth-order valence-corrected chi connectivity index (χ4v) is 8.72. The molecule has 0 saturated heterocycles. The molecular formula is C54H40N4. The second kappa shape index (κ2) is 13.1. The Labute approximate surface area is 337 Å². The highest BCUT2D eigenvalue weighted by Gasteiger charge is 2.20. The van der Waals surface area contributed by atoms with E-state index in [-0.39, 0.29) is 5.41 Å². The molecule has 0 radical (unpaired) electrons. The summed E-state index contributed by atoms with van der Waals surface area (Å²) in [6.45, 7) is 6.87. The maximum Gasteiger partial charge on any atom is 0.0973 e. The molecule has 3 aromatic heterocycles. The SMILES string of the molecule is CC(C)(C)c1ccc2c(c1)c1cc(-c3ccc4c(c3)c3ccccc3n4-c3ccc(-c4nc5ccccc5nc4-c4ccccc4)cc3)ccc1n2-c1ccccc1. The van der Waals surface area contributed by atoms with Gasteiger partial charge in [0, 0.05) is 44.0 Å². The van der Waals surface area contributed by atoms with E-state index in [9.17, 15) is 0 Å².